The minimum atomic E-state index is 0.495. The second-order valence-corrected chi connectivity index (χ2v) is 5.93. The number of hydrogen-bond acceptors (Lipinski definition) is 7. The molecule has 0 saturated heterocycles. The van der Waals surface area contributed by atoms with Crippen LogP contribution in [-0.4, -0.2) is 39.0 Å². The number of hydrogen-bond donors (Lipinski definition) is 1. The highest BCUT2D eigenvalue weighted by molar-refractivity contribution is 5.81. The third-order valence-corrected chi connectivity index (χ3v) is 3.84. The van der Waals surface area contributed by atoms with Crippen LogP contribution in [0, 0.1) is 0 Å². The zero-order valence-corrected chi connectivity index (χ0v) is 14.5. The lowest BCUT2D eigenvalue weighted by Crippen LogP contribution is -2.10. The summed E-state index contributed by atoms with van der Waals surface area (Å²) in [5.74, 6) is 2.01. The van der Waals surface area contributed by atoms with Crippen molar-refractivity contribution in [3.8, 4) is 11.3 Å². The van der Waals surface area contributed by atoms with Gasteiger partial charge in [-0.05, 0) is 30.3 Å². The van der Waals surface area contributed by atoms with Crippen molar-refractivity contribution in [3.05, 3.63) is 61.1 Å². The van der Waals surface area contributed by atoms with Gasteiger partial charge in [-0.3, -0.25) is 4.98 Å². The maximum atomic E-state index is 4.65. The summed E-state index contributed by atoms with van der Waals surface area (Å²) in [6.45, 7) is 0. The van der Waals surface area contributed by atoms with Crippen LogP contribution in [0.4, 0.5) is 17.6 Å². The SMILES string of the molecule is CN(C)c1cnc2ccc(-c3ccnc(Nc4ccccn4)n3)cc2n1. The number of rotatable bonds is 4. The van der Waals surface area contributed by atoms with Crippen molar-refractivity contribution < 1.29 is 0 Å². The Bertz CT molecular complexity index is 1050. The lowest BCUT2D eigenvalue weighted by atomic mass is 10.1. The molecule has 1 aromatic carbocycles. The third-order valence-electron chi connectivity index (χ3n) is 3.84. The van der Waals surface area contributed by atoms with E-state index in [0.29, 0.717) is 11.8 Å². The molecule has 3 heterocycles. The predicted molar refractivity (Wildman–Crippen MR) is 102 cm³/mol. The molecule has 0 fully saturated rings. The van der Waals surface area contributed by atoms with E-state index in [1.165, 1.54) is 0 Å². The summed E-state index contributed by atoms with van der Waals surface area (Å²) in [6.07, 6.45) is 5.21. The Morgan fingerprint density at radius 1 is 0.846 bits per heavy atom. The van der Waals surface area contributed by atoms with Gasteiger partial charge < -0.3 is 10.2 Å². The molecule has 7 nitrogen and oxygen atoms in total. The van der Waals surface area contributed by atoms with E-state index >= 15 is 0 Å². The maximum absolute atomic E-state index is 4.65. The van der Waals surface area contributed by atoms with Crippen LogP contribution in [0.25, 0.3) is 22.3 Å². The topological polar surface area (TPSA) is 79.7 Å². The largest absolute Gasteiger partial charge is 0.361 e. The first-order valence-electron chi connectivity index (χ1n) is 8.15. The number of pyridine rings is 1. The van der Waals surface area contributed by atoms with Crippen LogP contribution in [-0.2, 0) is 0 Å². The molecule has 0 spiro atoms. The molecule has 0 atom stereocenters. The highest BCUT2D eigenvalue weighted by Crippen LogP contribution is 2.23. The molecule has 128 valence electrons. The Labute approximate surface area is 150 Å². The van der Waals surface area contributed by atoms with E-state index in [1.54, 1.807) is 18.6 Å². The fourth-order valence-corrected chi connectivity index (χ4v) is 2.51. The molecule has 3 aromatic heterocycles. The standard InChI is InChI=1S/C19H17N7/c1-26(2)18-12-22-15-7-6-13(11-16(15)23-18)14-8-10-21-19(24-14)25-17-5-3-4-9-20-17/h3-12H,1-2H3,(H,20,21,24,25). The number of nitrogens with zero attached hydrogens (tertiary/aromatic N) is 6. The summed E-state index contributed by atoms with van der Waals surface area (Å²) in [7, 11) is 3.89. The van der Waals surface area contributed by atoms with E-state index < -0.39 is 0 Å². The van der Waals surface area contributed by atoms with E-state index in [4.69, 9.17) is 0 Å². The second kappa shape index (κ2) is 6.72. The molecule has 7 heteroatoms. The molecule has 0 aliphatic heterocycles. The Hall–Kier alpha value is -3.61. The Morgan fingerprint density at radius 2 is 1.77 bits per heavy atom. The van der Waals surface area contributed by atoms with Crippen molar-refractivity contribution in [1.82, 2.24) is 24.9 Å². The average Bonchev–Trinajstić information content (AvgIpc) is 2.68. The normalized spacial score (nSPS) is 10.7. The van der Waals surface area contributed by atoms with Crippen molar-refractivity contribution in [2.24, 2.45) is 0 Å². The van der Waals surface area contributed by atoms with Crippen LogP contribution in [0.5, 0.6) is 0 Å². The van der Waals surface area contributed by atoms with E-state index in [1.807, 2.05) is 61.5 Å². The summed E-state index contributed by atoms with van der Waals surface area (Å²) in [5.41, 5.74) is 3.43. The summed E-state index contributed by atoms with van der Waals surface area (Å²) in [6, 6.07) is 13.4. The van der Waals surface area contributed by atoms with Gasteiger partial charge in [0.2, 0.25) is 5.95 Å². The van der Waals surface area contributed by atoms with Crippen LogP contribution >= 0.6 is 0 Å². The minimum absolute atomic E-state index is 0.495. The molecule has 0 unspecified atom stereocenters. The van der Waals surface area contributed by atoms with Crippen LogP contribution in [0.15, 0.2) is 61.1 Å². The minimum Gasteiger partial charge on any atom is -0.361 e. The van der Waals surface area contributed by atoms with Gasteiger partial charge in [0.1, 0.15) is 11.6 Å². The van der Waals surface area contributed by atoms with Crippen LogP contribution in [0.1, 0.15) is 0 Å². The van der Waals surface area contributed by atoms with Gasteiger partial charge in [-0.15, -0.1) is 0 Å². The van der Waals surface area contributed by atoms with E-state index in [-0.39, 0.29) is 0 Å². The van der Waals surface area contributed by atoms with Gasteiger partial charge >= 0.3 is 0 Å². The molecule has 0 bridgehead atoms. The molecule has 0 radical (unpaired) electrons. The van der Waals surface area contributed by atoms with Crippen molar-refractivity contribution in [2.75, 3.05) is 24.3 Å². The fourth-order valence-electron chi connectivity index (χ4n) is 2.51. The van der Waals surface area contributed by atoms with Gasteiger partial charge in [-0.2, -0.15) is 0 Å². The molecule has 1 N–H and O–H groups in total. The summed E-state index contributed by atoms with van der Waals surface area (Å²) in [5, 5.41) is 3.11. The highest BCUT2D eigenvalue weighted by Gasteiger charge is 2.07. The molecule has 4 rings (SSSR count). The summed E-state index contributed by atoms with van der Waals surface area (Å²) in [4.78, 5) is 24.1. The molecule has 0 aliphatic carbocycles. The van der Waals surface area contributed by atoms with Crippen LogP contribution in [0.3, 0.4) is 0 Å². The number of benzene rings is 1. The first kappa shape index (κ1) is 15.9. The first-order valence-corrected chi connectivity index (χ1v) is 8.15. The Kier molecular flexibility index (Phi) is 4.10. The molecule has 0 aliphatic rings. The van der Waals surface area contributed by atoms with Crippen molar-refractivity contribution in [1.29, 1.82) is 0 Å². The van der Waals surface area contributed by atoms with Crippen molar-refractivity contribution in [2.45, 2.75) is 0 Å². The Balaban J connectivity index is 1.69. The van der Waals surface area contributed by atoms with Crippen molar-refractivity contribution in [3.63, 3.8) is 0 Å². The average molecular weight is 343 g/mol. The maximum Gasteiger partial charge on any atom is 0.228 e. The number of anilines is 3. The fraction of sp³-hybridized carbons (Fsp3) is 0.105. The molecular weight excluding hydrogens is 326 g/mol. The number of aromatic nitrogens is 5. The zero-order chi connectivity index (χ0) is 17.9. The zero-order valence-electron chi connectivity index (χ0n) is 14.5. The van der Waals surface area contributed by atoms with E-state index in [0.717, 1.165) is 28.1 Å². The molecule has 0 amide bonds. The predicted octanol–water partition coefficient (Wildman–Crippen LogP) is 3.29. The van der Waals surface area contributed by atoms with Gasteiger partial charge in [0.25, 0.3) is 0 Å². The van der Waals surface area contributed by atoms with Gasteiger partial charge in [0, 0.05) is 32.1 Å². The summed E-state index contributed by atoms with van der Waals surface area (Å²) < 4.78 is 0. The first-order chi connectivity index (χ1) is 12.7. The second-order valence-electron chi connectivity index (χ2n) is 5.93. The Morgan fingerprint density at radius 3 is 2.58 bits per heavy atom. The van der Waals surface area contributed by atoms with E-state index in [2.05, 4.69) is 30.2 Å². The number of nitrogens with one attached hydrogen (secondary N) is 1. The van der Waals surface area contributed by atoms with E-state index in [9.17, 15) is 0 Å². The van der Waals surface area contributed by atoms with Gasteiger partial charge in [-0.25, -0.2) is 19.9 Å². The lowest BCUT2D eigenvalue weighted by molar-refractivity contribution is 1.06. The van der Waals surface area contributed by atoms with Crippen LogP contribution < -0.4 is 10.2 Å². The third kappa shape index (κ3) is 3.27. The summed E-state index contributed by atoms with van der Waals surface area (Å²) >= 11 is 0. The quantitative estimate of drug-likeness (QED) is 0.609. The number of fused-ring (bicyclic) bond motifs is 1. The van der Waals surface area contributed by atoms with Gasteiger partial charge in [0.15, 0.2) is 0 Å². The molecular formula is C19H17N7. The van der Waals surface area contributed by atoms with Crippen LogP contribution in [0.2, 0.25) is 0 Å². The molecule has 0 saturated carbocycles. The highest BCUT2D eigenvalue weighted by atomic mass is 15.1. The van der Waals surface area contributed by atoms with Crippen molar-refractivity contribution >= 4 is 28.6 Å². The van der Waals surface area contributed by atoms with Gasteiger partial charge in [-0.1, -0.05) is 12.1 Å². The molecule has 4 aromatic rings. The smallest absolute Gasteiger partial charge is 0.228 e. The van der Waals surface area contributed by atoms with Gasteiger partial charge in [0.05, 0.1) is 22.9 Å². The molecule has 26 heavy (non-hydrogen) atoms. The lowest BCUT2D eigenvalue weighted by Gasteiger charge is -2.11. The monoisotopic (exact) mass is 343 g/mol.